The van der Waals surface area contributed by atoms with Gasteiger partial charge in [-0.15, -0.1) is 0 Å². The molecule has 43 heavy (non-hydrogen) atoms. The SMILES string of the molecule is COc1ccc2c(c1)C(=O)N(C[C@H](NC(=O)NC=O)c1ccc(-c3cc(C(F)(F)F)cc4ncn(CC5CC5)c34)cc1)C2. The highest BCUT2D eigenvalue weighted by Gasteiger charge is 2.33. The lowest BCUT2D eigenvalue weighted by Crippen LogP contribution is -2.42. The summed E-state index contributed by atoms with van der Waals surface area (Å²) in [6, 6.07) is 12.8. The van der Waals surface area contributed by atoms with Gasteiger partial charge in [0, 0.05) is 30.8 Å². The molecule has 4 amide bonds. The summed E-state index contributed by atoms with van der Waals surface area (Å²) in [6.45, 7) is 1.09. The molecule has 2 N–H and O–H groups in total. The van der Waals surface area contributed by atoms with Crippen LogP contribution in [0, 0.1) is 5.92 Å². The molecule has 6 rings (SSSR count). The molecule has 2 aliphatic rings. The maximum Gasteiger partial charge on any atom is 0.416 e. The van der Waals surface area contributed by atoms with Gasteiger partial charge in [0.25, 0.3) is 5.91 Å². The van der Waals surface area contributed by atoms with Gasteiger partial charge in [0.15, 0.2) is 0 Å². The number of carbonyl (C=O) groups is 3. The van der Waals surface area contributed by atoms with Crippen LogP contribution < -0.4 is 15.4 Å². The molecule has 0 unspecified atom stereocenters. The number of urea groups is 1. The van der Waals surface area contributed by atoms with Gasteiger partial charge < -0.3 is 19.5 Å². The first kappa shape index (κ1) is 28.3. The van der Waals surface area contributed by atoms with Crippen LogP contribution >= 0.6 is 0 Å². The van der Waals surface area contributed by atoms with Gasteiger partial charge in [-0.3, -0.25) is 14.9 Å². The number of fused-ring (bicyclic) bond motifs is 2. The number of methoxy groups -OCH3 is 1. The zero-order chi connectivity index (χ0) is 30.3. The number of nitrogens with one attached hydrogen (secondary N) is 2. The van der Waals surface area contributed by atoms with E-state index in [0.717, 1.165) is 30.5 Å². The molecule has 1 fully saturated rings. The van der Waals surface area contributed by atoms with Gasteiger partial charge in [0.2, 0.25) is 6.41 Å². The number of aromatic nitrogens is 2. The van der Waals surface area contributed by atoms with Gasteiger partial charge in [-0.1, -0.05) is 30.3 Å². The first-order valence-electron chi connectivity index (χ1n) is 13.8. The van der Waals surface area contributed by atoms with E-state index in [2.05, 4.69) is 10.3 Å². The van der Waals surface area contributed by atoms with Crippen molar-refractivity contribution in [3.05, 3.63) is 83.2 Å². The Hall–Kier alpha value is -4.87. The first-order valence-corrected chi connectivity index (χ1v) is 13.8. The number of hydrogen-bond donors (Lipinski definition) is 2. The zero-order valence-electron chi connectivity index (χ0n) is 23.1. The van der Waals surface area contributed by atoms with Crippen LogP contribution in [0.2, 0.25) is 0 Å². The van der Waals surface area contributed by atoms with E-state index in [9.17, 15) is 27.6 Å². The number of benzene rings is 3. The van der Waals surface area contributed by atoms with E-state index in [1.54, 1.807) is 47.6 Å². The molecule has 1 aliphatic carbocycles. The lowest BCUT2D eigenvalue weighted by Gasteiger charge is -2.25. The standard InChI is InChI=1S/C31H28F3N5O4/c1-43-23-9-8-21-14-38(29(41)25(21)12-23)15-27(37-30(42)36-17-40)20-6-4-19(5-7-20)24-10-22(31(32,33)34)11-26-28(24)39(16-35-26)13-18-2-3-18/h4-12,16-18,27H,2-3,13-15H2,1H3,(H2,36,37,40,42)/t27-/m0/s1. The number of imidazole rings is 1. The summed E-state index contributed by atoms with van der Waals surface area (Å²) in [6.07, 6.45) is -0.549. The molecule has 1 aromatic heterocycles. The predicted molar refractivity (Wildman–Crippen MR) is 151 cm³/mol. The number of carbonyl (C=O) groups excluding carboxylic acids is 3. The minimum atomic E-state index is -4.55. The molecule has 2 heterocycles. The Morgan fingerprint density at radius 1 is 1.12 bits per heavy atom. The molecule has 1 aliphatic heterocycles. The molecule has 9 nitrogen and oxygen atoms in total. The Labute approximate surface area is 244 Å². The van der Waals surface area contributed by atoms with Crippen molar-refractivity contribution in [1.29, 1.82) is 0 Å². The quantitative estimate of drug-likeness (QED) is 0.257. The monoisotopic (exact) mass is 591 g/mol. The smallest absolute Gasteiger partial charge is 0.416 e. The Morgan fingerprint density at radius 2 is 1.88 bits per heavy atom. The van der Waals surface area contributed by atoms with Crippen LogP contribution in [-0.2, 0) is 24.1 Å². The summed E-state index contributed by atoms with van der Waals surface area (Å²) >= 11 is 0. The Morgan fingerprint density at radius 3 is 2.56 bits per heavy atom. The average Bonchev–Trinajstić information content (AvgIpc) is 3.64. The molecule has 4 aromatic rings. The number of imide groups is 1. The summed E-state index contributed by atoms with van der Waals surface area (Å²) < 4.78 is 48.6. The van der Waals surface area contributed by atoms with Crippen molar-refractivity contribution in [3.8, 4) is 16.9 Å². The average molecular weight is 592 g/mol. The number of halogens is 3. The minimum absolute atomic E-state index is 0.0867. The van der Waals surface area contributed by atoms with Gasteiger partial charge in [-0.25, -0.2) is 9.78 Å². The maximum absolute atomic E-state index is 13.8. The molecular weight excluding hydrogens is 563 g/mol. The molecule has 0 bridgehead atoms. The number of hydrogen-bond acceptors (Lipinski definition) is 5. The topological polar surface area (TPSA) is 106 Å². The van der Waals surface area contributed by atoms with Crippen LogP contribution in [-0.4, -0.2) is 46.5 Å². The van der Waals surface area contributed by atoms with E-state index >= 15 is 0 Å². The van der Waals surface area contributed by atoms with Crippen molar-refractivity contribution in [2.75, 3.05) is 13.7 Å². The van der Waals surface area contributed by atoms with Gasteiger partial charge in [0.05, 0.1) is 36.1 Å². The van der Waals surface area contributed by atoms with E-state index in [1.165, 1.54) is 7.11 Å². The fourth-order valence-corrected chi connectivity index (χ4v) is 5.53. The summed E-state index contributed by atoms with van der Waals surface area (Å²) in [5.41, 5.74) is 2.97. The van der Waals surface area contributed by atoms with Gasteiger partial charge in [0.1, 0.15) is 5.75 Å². The zero-order valence-corrected chi connectivity index (χ0v) is 23.1. The van der Waals surface area contributed by atoms with Crippen LogP contribution in [0.3, 0.4) is 0 Å². The number of nitrogens with zero attached hydrogens (tertiary/aromatic N) is 3. The number of rotatable bonds is 9. The fraction of sp³-hybridized carbons (Fsp3) is 0.290. The van der Waals surface area contributed by atoms with E-state index in [-0.39, 0.29) is 24.4 Å². The Bertz CT molecular complexity index is 1710. The second-order valence-electron chi connectivity index (χ2n) is 10.8. The van der Waals surface area contributed by atoms with E-state index in [1.807, 2.05) is 16.0 Å². The fourth-order valence-electron chi connectivity index (χ4n) is 5.53. The molecule has 3 aromatic carbocycles. The number of alkyl halides is 3. The first-order chi connectivity index (χ1) is 20.6. The van der Waals surface area contributed by atoms with E-state index < -0.39 is 23.8 Å². The van der Waals surface area contributed by atoms with Gasteiger partial charge in [-0.2, -0.15) is 13.2 Å². The van der Waals surface area contributed by atoms with Gasteiger partial charge in [-0.05, 0) is 59.7 Å². The van der Waals surface area contributed by atoms with Crippen LogP contribution in [0.15, 0.2) is 60.9 Å². The van der Waals surface area contributed by atoms with Crippen molar-refractivity contribution in [2.45, 2.75) is 38.1 Å². The van der Waals surface area contributed by atoms with Crippen LogP contribution in [0.25, 0.3) is 22.2 Å². The van der Waals surface area contributed by atoms with Crippen molar-refractivity contribution >= 4 is 29.4 Å². The number of ether oxygens (including phenoxy) is 1. The Kier molecular flexibility index (Phi) is 7.28. The normalized spacial score (nSPS) is 15.3. The van der Waals surface area contributed by atoms with Crippen molar-refractivity contribution in [2.24, 2.45) is 5.92 Å². The summed E-state index contributed by atoms with van der Waals surface area (Å²) in [5, 5.41) is 4.77. The second-order valence-corrected chi connectivity index (χ2v) is 10.8. The maximum atomic E-state index is 13.8. The second kappa shape index (κ2) is 11.1. The van der Waals surface area contributed by atoms with Crippen molar-refractivity contribution in [1.82, 2.24) is 25.1 Å². The lowest BCUT2D eigenvalue weighted by molar-refractivity contribution is -0.137. The third kappa shape index (κ3) is 5.77. The highest BCUT2D eigenvalue weighted by molar-refractivity contribution is 5.99. The minimum Gasteiger partial charge on any atom is -0.497 e. The molecule has 1 saturated carbocycles. The third-order valence-electron chi connectivity index (χ3n) is 7.91. The van der Waals surface area contributed by atoms with Crippen molar-refractivity contribution < 1.29 is 32.3 Å². The highest BCUT2D eigenvalue weighted by Crippen LogP contribution is 2.39. The predicted octanol–water partition coefficient (Wildman–Crippen LogP) is 5.29. The van der Waals surface area contributed by atoms with Crippen LogP contribution in [0.4, 0.5) is 18.0 Å². The lowest BCUT2D eigenvalue weighted by atomic mass is 9.97. The molecule has 0 spiro atoms. The van der Waals surface area contributed by atoms with Crippen LogP contribution in [0.1, 0.15) is 45.9 Å². The van der Waals surface area contributed by atoms with Crippen molar-refractivity contribution in [3.63, 3.8) is 0 Å². The summed E-state index contributed by atoms with van der Waals surface area (Å²) in [5.74, 6) is 0.801. The van der Waals surface area contributed by atoms with E-state index in [4.69, 9.17) is 4.74 Å². The van der Waals surface area contributed by atoms with E-state index in [0.29, 0.717) is 52.5 Å². The summed E-state index contributed by atoms with van der Waals surface area (Å²) in [4.78, 5) is 42.3. The molecule has 0 radical (unpaired) electrons. The summed E-state index contributed by atoms with van der Waals surface area (Å²) in [7, 11) is 1.51. The largest absolute Gasteiger partial charge is 0.497 e. The number of amides is 4. The highest BCUT2D eigenvalue weighted by atomic mass is 19.4. The van der Waals surface area contributed by atoms with Crippen LogP contribution in [0.5, 0.6) is 5.75 Å². The molecule has 0 saturated heterocycles. The molecule has 1 atom stereocenters. The Balaban J connectivity index is 1.33. The van der Waals surface area contributed by atoms with Gasteiger partial charge >= 0.3 is 12.2 Å². The molecular formula is C31H28F3N5O4. The third-order valence-corrected chi connectivity index (χ3v) is 7.91. The molecule has 12 heteroatoms. The molecule has 222 valence electrons.